The molecule has 31 heavy (non-hydrogen) atoms. The van der Waals surface area contributed by atoms with E-state index in [0.29, 0.717) is 5.82 Å². The van der Waals surface area contributed by atoms with Crippen LogP contribution in [0.5, 0.6) is 0 Å². The number of carbonyl (C=O) groups is 1. The molecule has 5 nitrogen and oxygen atoms in total. The number of carbonyl (C=O) groups excluding carboxylic acids is 1. The fourth-order valence-corrected chi connectivity index (χ4v) is 4.13. The minimum Gasteiger partial charge on any atom is -0.369 e. The average molecular weight is 413 g/mol. The van der Waals surface area contributed by atoms with Crippen molar-refractivity contribution in [3.8, 4) is 11.3 Å². The van der Waals surface area contributed by atoms with E-state index in [-0.39, 0.29) is 0 Å². The second-order valence-electron chi connectivity index (χ2n) is 7.91. The third-order valence-corrected chi connectivity index (χ3v) is 5.73. The van der Waals surface area contributed by atoms with Crippen molar-refractivity contribution in [1.82, 2.24) is 9.97 Å². The predicted octanol–water partition coefficient (Wildman–Crippen LogP) is 5.06. The zero-order valence-corrected chi connectivity index (χ0v) is 17.6. The summed E-state index contributed by atoms with van der Waals surface area (Å²) < 4.78 is 0. The highest BCUT2D eigenvalue weighted by Crippen LogP contribution is 2.31. The van der Waals surface area contributed by atoms with E-state index >= 15 is 0 Å². The lowest BCUT2D eigenvalue weighted by atomic mass is 9.91. The van der Waals surface area contributed by atoms with Gasteiger partial charge in [-0.1, -0.05) is 54.1 Å². The maximum Gasteiger partial charge on any atom is 0.229 e. The second kappa shape index (κ2) is 10.0. The van der Waals surface area contributed by atoms with E-state index in [4.69, 9.17) is 10.7 Å². The number of aromatic nitrogens is 2. The molecule has 0 saturated heterocycles. The van der Waals surface area contributed by atoms with Gasteiger partial charge in [0.1, 0.15) is 5.82 Å². The number of benzene rings is 1. The minimum atomic E-state index is -0.609. The van der Waals surface area contributed by atoms with Gasteiger partial charge in [0, 0.05) is 30.1 Å². The van der Waals surface area contributed by atoms with Crippen molar-refractivity contribution in [3.63, 3.8) is 0 Å². The van der Waals surface area contributed by atoms with Gasteiger partial charge >= 0.3 is 0 Å². The molecule has 3 N–H and O–H groups in total. The van der Waals surface area contributed by atoms with Crippen molar-refractivity contribution in [1.29, 1.82) is 0 Å². The van der Waals surface area contributed by atoms with Crippen LogP contribution in [0.15, 0.2) is 78.6 Å². The lowest BCUT2D eigenvalue weighted by Crippen LogP contribution is -2.24. The zero-order chi connectivity index (χ0) is 21.5. The van der Waals surface area contributed by atoms with Crippen LogP contribution in [-0.2, 0) is 4.79 Å². The molecule has 1 amide bonds. The number of nitrogens with one attached hydrogen (secondary N) is 1. The Kier molecular flexibility index (Phi) is 6.72. The molecular weight excluding hydrogens is 384 g/mol. The molecule has 1 atom stereocenters. The molecule has 0 spiro atoms. The Labute approximate surface area is 183 Å². The van der Waals surface area contributed by atoms with Gasteiger partial charge in [0.05, 0.1) is 11.6 Å². The third-order valence-electron chi connectivity index (χ3n) is 5.73. The standard InChI is InChI=1S/C26H28N4O/c27-25(31)24(21-12-7-16-28-18-21)22-13-14-23(20-10-5-2-6-11-20)30-26(22)29-17-15-19-8-3-1-4-9-19/h2,5-8,10-14,16,18,24H,1,3-4,9,15,17H2,(H2,27,31)(H,29,30). The number of nitrogens with two attached hydrogens (primary N) is 1. The van der Waals surface area contributed by atoms with E-state index in [1.807, 2.05) is 54.6 Å². The first-order chi connectivity index (χ1) is 15.2. The molecule has 1 aliphatic carbocycles. The van der Waals surface area contributed by atoms with Crippen molar-refractivity contribution in [2.75, 3.05) is 11.9 Å². The van der Waals surface area contributed by atoms with E-state index in [2.05, 4.69) is 16.4 Å². The Morgan fingerprint density at radius 1 is 1.06 bits per heavy atom. The molecule has 1 aromatic carbocycles. The summed E-state index contributed by atoms with van der Waals surface area (Å²) in [6, 6.07) is 17.7. The van der Waals surface area contributed by atoms with Crippen LogP contribution in [0.1, 0.15) is 49.1 Å². The molecule has 158 valence electrons. The first-order valence-electron chi connectivity index (χ1n) is 10.9. The monoisotopic (exact) mass is 412 g/mol. The summed E-state index contributed by atoms with van der Waals surface area (Å²) in [4.78, 5) is 21.5. The summed E-state index contributed by atoms with van der Waals surface area (Å²) in [6.07, 6.45) is 11.6. The molecule has 2 heterocycles. The van der Waals surface area contributed by atoms with Crippen molar-refractivity contribution < 1.29 is 4.79 Å². The van der Waals surface area contributed by atoms with Crippen LogP contribution < -0.4 is 11.1 Å². The maximum absolute atomic E-state index is 12.5. The number of hydrogen-bond acceptors (Lipinski definition) is 4. The number of anilines is 1. The van der Waals surface area contributed by atoms with Crippen molar-refractivity contribution in [3.05, 3.63) is 89.8 Å². The van der Waals surface area contributed by atoms with Crippen molar-refractivity contribution in [2.45, 2.75) is 38.0 Å². The Morgan fingerprint density at radius 2 is 1.94 bits per heavy atom. The van der Waals surface area contributed by atoms with E-state index in [1.54, 1.807) is 12.4 Å². The highest BCUT2D eigenvalue weighted by atomic mass is 16.1. The van der Waals surface area contributed by atoms with E-state index in [9.17, 15) is 4.79 Å². The largest absolute Gasteiger partial charge is 0.369 e. The SMILES string of the molecule is NC(=O)C(c1cccnc1)c1ccc(-c2ccccc2)nc1NCCC1=CCCCC1. The third kappa shape index (κ3) is 5.18. The van der Waals surface area contributed by atoms with Gasteiger partial charge in [-0.05, 0) is 49.8 Å². The van der Waals surface area contributed by atoms with Crippen molar-refractivity contribution in [2.24, 2.45) is 5.73 Å². The van der Waals surface area contributed by atoms with Gasteiger partial charge in [0.15, 0.2) is 0 Å². The molecular formula is C26H28N4O. The van der Waals surface area contributed by atoms with Crippen LogP contribution in [0.3, 0.4) is 0 Å². The normalized spacial score (nSPS) is 14.5. The molecule has 0 aliphatic heterocycles. The lowest BCUT2D eigenvalue weighted by Gasteiger charge is -2.20. The van der Waals surface area contributed by atoms with Crippen LogP contribution in [-0.4, -0.2) is 22.4 Å². The van der Waals surface area contributed by atoms with Crippen LogP contribution in [0.25, 0.3) is 11.3 Å². The molecule has 1 aliphatic rings. The smallest absolute Gasteiger partial charge is 0.229 e. The summed E-state index contributed by atoms with van der Waals surface area (Å²) in [7, 11) is 0. The molecule has 0 radical (unpaired) electrons. The molecule has 3 aromatic rings. The van der Waals surface area contributed by atoms with E-state index in [0.717, 1.165) is 35.3 Å². The lowest BCUT2D eigenvalue weighted by molar-refractivity contribution is -0.118. The summed E-state index contributed by atoms with van der Waals surface area (Å²) in [5, 5.41) is 3.50. The van der Waals surface area contributed by atoms with Gasteiger partial charge in [-0.15, -0.1) is 0 Å². The molecule has 4 rings (SSSR count). The molecule has 0 fully saturated rings. The van der Waals surface area contributed by atoms with Gasteiger partial charge in [-0.2, -0.15) is 0 Å². The Hall–Kier alpha value is -3.47. The number of primary amides is 1. The number of hydrogen-bond donors (Lipinski definition) is 2. The molecule has 0 saturated carbocycles. The Balaban J connectivity index is 1.67. The summed E-state index contributed by atoms with van der Waals surface area (Å²) in [6.45, 7) is 0.766. The fraction of sp³-hybridized carbons (Fsp3) is 0.269. The highest BCUT2D eigenvalue weighted by molar-refractivity contribution is 5.87. The van der Waals surface area contributed by atoms with Gasteiger partial charge in [0.25, 0.3) is 0 Å². The fourth-order valence-electron chi connectivity index (χ4n) is 4.13. The summed E-state index contributed by atoms with van der Waals surface area (Å²) in [5.74, 6) is -0.326. The maximum atomic E-state index is 12.5. The van der Waals surface area contributed by atoms with Crippen LogP contribution in [0, 0.1) is 0 Å². The highest BCUT2D eigenvalue weighted by Gasteiger charge is 2.24. The number of allylic oxidation sites excluding steroid dienone is 1. The van der Waals surface area contributed by atoms with Gasteiger partial charge in [0.2, 0.25) is 5.91 Å². The Morgan fingerprint density at radius 3 is 2.65 bits per heavy atom. The number of amides is 1. The number of rotatable bonds is 8. The molecule has 1 unspecified atom stereocenters. The topological polar surface area (TPSA) is 80.9 Å². The van der Waals surface area contributed by atoms with Gasteiger partial charge in [-0.25, -0.2) is 4.98 Å². The first kappa shape index (κ1) is 20.8. The molecule has 5 heteroatoms. The molecule has 0 bridgehead atoms. The average Bonchev–Trinajstić information content (AvgIpc) is 2.82. The first-order valence-corrected chi connectivity index (χ1v) is 10.9. The zero-order valence-electron chi connectivity index (χ0n) is 17.6. The van der Waals surface area contributed by atoms with Crippen LogP contribution in [0.2, 0.25) is 0 Å². The summed E-state index contributed by atoms with van der Waals surface area (Å²) in [5.41, 5.74) is 10.8. The van der Waals surface area contributed by atoms with Gasteiger partial charge < -0.3 is 11.1 Å². The predicted molar refractivity (Wildman–Crippen MR) is 125 cm³/mol. The van der Waals surface area contributed by atoms with Crippen LogP contribution in [0.4, 0.5) is 5.82 Å². The van der Waals surface area contributed by atoms with Gasteiger partial charge in [-0.3, -0.25) is 9.78 Å². The molecule has 2 aromatic heterocycles. The summed E-state index contributed by atoms with van der Waals surface area (Å²) >= 11 is 0. The second-order valence-corrected chi connectivity index (χ2v) is 7.91. The quantitative estimate of drug-likeness (QED) is 0.507. The minimum absolute atomic E-state index is 0.416. The number of pyridine rings is 2. The Bertz CT molecular complexity index is 1050. The van der Waals surface area contributed by atoms with Crippen LogP contribution >= 0.6 is 0 Å². The number of nitrogens with zero attached hydrogens (tertiary/aromatic N) is 2. The van der Waals surface area contributed by atoms with E-state index < -0.39 is 11.8 Å². The van der Waals surface area contributed by atoms with Crippen molar-refractivity contribution >= 4 is 11.7 Å². The van der Waals surface area contributed by atoms with E-state index in [1.165, 1.54) is 31.3 Å².